The molecule has 1 saturated carbocycles. The van der Waals surface area contributed by atoms with E-state index in [4.69, 9.17) is 4.74 Å². The van der Waals surface area contributed by atoms with Gasteiger partial charge in [0.1, 0.15) is 5.75 Å². The Kier molecular flexibility index (Phi) is 3.97. The van der Waals surface area contributed by atoms with Crippen molar-refractivity contribution in [2.75, 3.05) is 11.9 Å². The van der Waals surface area contributed by atoms with E-state index in [0.717, 1.165) is 59.5 Å². The molecule has 4 aromatic rings. The topological polar surface area (TPSA) is 54.1 Å². The Labute approximate surface area is 182 Å². The number of carbonyl (C=O) groups excluding carboxylic acids is 1. The molecular weight excluding hydrogens is 384 g/mol. The summed E-state index contributed by atoms with van der Waals surface area (Å²) in [7, 11) is 0. The number of aromatic nitrogens is 1. The number of aromatic amines is 1. The van der Waals surface area contributed by atoms with E-state index in [9.17, 15) is 4.79 Å². The van der Waals surface area contributed by atoms with Gasteiger partial charge >= 0.3 is 0 Å². The first-order chi connectivity index (χ1) is 15.1. The van der Waals surface area contributed by atoms with Crippen molar-refractivity contribution in [1.29, 1.82) is 0 Å². The van der Waals surface area contributed by atoms with Gasteiger partial charge in [-0.3, -0.25) is 4.79 Å². The lowest BCUT2D eigenvalue weighted by molar-refractivity contribution is -0.118. The quantitative estimate of drug-likeness (QED) is 0.434. The summed E-state index contributed by atoms with van der Waals surface area (Å²) in [5, 5.41) is 4.39. The highest BCUT2D eigenvalue weighted by atomic mass is 16.5. The minimum atomic E-state index is -0.410. The predicted octanol–water partition coefficient (Wildman–Crippen LogP) is 5.99. The van der Waals surface area contributed by atoms with Crippen LogP contribution in [0.3, 0.4) is 0 Å². The third kappa shape index (κ3) is 3.02. The standard InChI is InChI=1S/C27H24N2O2.H2/c1-17-2-5-22(16-23(17)18-3-6-24-19(14-18)8-12-28-24)29-26(30)27(10-11-27)21-4-7-25-20(15-21)9-13-31-25;/h2-8,12,14-16,28H,9-11,13H2,1H3,(H,29,30);1H. The van der Waals surface area contributed by atoms with E-state index in [0.29, 0.717) is 0 Å². The third-order valence-corrected chi connectivity index (χ3v) is 6.79. The largest absolute Gasteiger partial charge is 0.493 e. The lowest BCUT2D eigenvalue weighted by Gasteiger charge is -2.18. The average Bonchev–Trinajstić information content (AvgIpc) is 3.24. The number of rotatable bonds is 4. The van der Waals surface area contributed by atoms with E-state index in [1.807, 2.05) is 18.3 Å². The summed E-state index contributed by atoms with van der Waals surface area (Å²) in [6.45, 7) is 2.84. The van der Waals surface area contributed by atoms with Crippen molar-refractivity contribution in [3.8, 4) is 16.9 Å². The fourth-order valence-corrected chi connectivity index (χ4v) is 4.74. The number of hydrogen-bond acceptors (Lipinski definition) is 2. The molecule has 1 amide bonds. The average molecular weight is 411 g/mol. The lowest BCUT2D eigenvalue weighted by atomic mass is 9.92. The van der Waals surface area contributed by atoms with Gasteiger partial charge in [-0.05, 0) is 89.4 Å². The molecule has 4 heteroatoms. The van der Waals surface area contributed by atoms with Gasteiger partial charge in [0.2, 0.25) is 5.91 Å². The molecule has 2 aliphatic rings. The van der Waals surface area contributed by atoms with Crippen molar-refractivity contribution in [3.05, 3.63) is 83.6 Å². The number of H-pyrrole nitrogens is 1. The van der Waals surface area contributed by atoms with Crippen molar-refractivity contribution in [2.45, 2.75) is 31.6 Å². The zero-order chi connectivity index (χ0) is 21.0. The molecule has 1 aromatic heterocycles. The summed E-state index contributed by atoms with van der Waals surface area (Å²) in [6, 6.07) is 20.9. The molecule has 6 rings (SSSR count). The minimum absolute atomic E-state index is 0. The summed E-state index contributed by atoms with van der Waals surface area (Å²) in [5.74, 6) is 1.05. The van der Waals surface area contributed by atoms with Gasteiger partial charge in [-0.15, -0.1) is 0 Å². The highest BCUT2D eigenvalue weighted by Crippen LogP contribution is 2.50. The Hall–Kier alpha value is -3.53. The van der Waals surface area contributed by atoms with Crippen molar-refractivity contribution in [3.63, 3.8) is 0 Å². The van der Waals surface area contributed by atoms with Gasteiger partial charge in [-0.25, -0.2) is 0 Å². The molecule has 31 heavy (non-hydrogen) atoms. The number of aryl methyl sites for hydroxylation is 1. The Bertz CT molecular complexity index is 1340. The molecule has 4 nitrogen and oxygen atoms in total. The zero-order valence-electron chi connectivity index (χ0n) is 17.5. The first-order valence-electron chi connectivity index (χ1n) is 10.9. The van der Waals surface area contributed by atoms with Gasteiger partial charge in [-0.2, -0.15) is 0 Å². The smallest absolute Gasteiger partial charge is 0.235 e. The van der Waals surface area contributed by atoms with Crippen LogP contribution in [0, 0.1) is 6.92 Å². The van der Waals surface area contributed by atoms with Gasteiger partial charge in [0.05, 0.1) is 12.0 Å². The maximum atomic E-state index is 13.3. The molecule has 0 saturated heterocycles. The summed E-state index contributed by atoms with van der Waals surface area (Å²) < 4.78 is 5.63. The van der Waals surface area contributed by atoms with Crippen LogP contribution in [0.25, 0.3) is 22.0 Å². The Morgan fingerprint density at radius 3 is 2.84 bits per heavy atom. The molecule has 0 bridgehead atoms. The van der Waals surface area contributed by atoms with Gasteiger partial charge in [0, 0.05) is 25.2 Å². The molecular formula is C27H26N2O2. The van der Waals surface area contributed by atoms with Gasteiger partial charge in [0.25, 0.3) is 0 Å². The fraction of sp³-hybridized carbons (Fsp3) is 0.222. The highest BCUT2D eigenvalue weighted by molar-refractivity contribution is 6.02. The van der Waals surface area contributed by atoms with Crippen LogP contribution in [0.2, 0.25) is 0 Å². The summed E-state index contributed by atoms with van der Waals surface area (Å²) in [6.07, 6.45) is 4.66. The molecule has 0 atom stereocenters. The highest BCUT2D eigenvalue weighted by Gasteiger charge is 2.51. The summed E-state index contributed by atoms with van der Waals surface area (Å²) in [4.78, 5) is 16.6. The van der Waals surface area contributed by atoms with E-state index in [1.165, 1.54) is 16.5 Å². The van der Waals surface area contributed by atoms with Gasteiger partial charge in [0.15, 0.2) is 0 Å². The van der Waals surface area contributed by atoms with Crippen molar-refractivity contribution in [1.82, 2.24) is 4.98 Å². The molecule has 2 N–H and O–H groups in total. The van der Waals surface area contributed by atoms with Gasteiger partial charge < -0.3 is 15.0 Å². The van der Waals surface area contributed by atoms with E-state index < -0.39 is 5.41 Å². The van der Waals surface area contributed by atoms with E-state index in [1.54, 1.807) is 0 Å². The molecule has 1 aliphatic heterocycles. The van der Waals surface area contributed by atoms with E-state index in [-0.39, 0.29) is 7.33 Å². The van der Waals surface area contributed by atoms with Crippen LogP contribution in [-0.4, -0.2) is 17.5 Å². The van der Waals surface area contributed by atoms with Crippen LogP contribution in [0.15, 0.2) is 66.9 Å². The summed E-state index contributed by atoms with van der Waals surface area (Å²) in [5.41, 5.74) is 7.37. The van der Waals surface area contributed by atoms with Crippen molar-refractivity contribution >= 4 is 22.5 Å². The van der Waals surface area contributed by atoms with Crippen LogP contribution >= 0.6 is 0 Å². The van der Waals surface area contributed by atoms with Crippen LogP contribution in [0.1, 0.15) is 31.0 Å². The Morgan fingerprint density at radius 1 is 1.06 bits per heavy atom. The normalized spacial score (nSPS) is 16.0. The number of amides is 1. The Morgan fingerprint density at radius 2 is 1.97 bits per heavy atom. The van der Waals surface area contributed by atoms with Crippen molar-refractivity contribution in [2.24, 2.45) is 0 Å². The maximum absolute atomic E-state index is 13.3. The van der Waals surface area contributed by atoms with E-state index in [2.05, 4.69) is 65.8 Å². The lowest BCUT2D eigenvalue weighted by Crippen LogP contribution is -2.27. The molecule has 1 aliphatic carbocycles. The number of hydrogen-bond donors (Lipinski definition) is 2. The van der Waals surface area contributed by atoms with Crippen LogP contribution in [-0.2, 0) is 16.6 Å². The van der Waals surface area contributed by atoms with Crippen molar-refractivity contribution < 1.29 is 11.0 Å². The second-order valence-corrected chi connectivity index (χ2v) is 8.77. The van der Waals surface area contributed by atoms with Crippen LogP contribution in [0.4, 0.5) is 5.69 Å². The maximum Gasteiger partial charge on any atom is 0.235 e. The number of anilines is 1. The molecule has 156 valence electrons. The first kappa shape index (κ1) is 18.3. The number of carbonyl (C=O) groups is 1. The predicted molar refractivity (Wildman–Crippen MR) is 126 cm³/mol. The first-order valence-corrected chi connectivity index (χ1v) is 10.9. The van der Waals surface area contributed by atoms with E-state index >= 15 is 0 Å². The molecule has 3 aromatic carbocycles. The molecule has 0 radical (unpaired) electrons. The van der Waals surface area contributed by atoms with Crippen LogP contribution < -0.4 is 10.1 Å². The number of benzene rings is 3. The Balaban J connectivity index is 0.00000216. The zero-order valence-corrected chi connectivity index (χ0v) is 17.5. The minimum Gasteiger partial charge on any atom is -0.493 e. The summed E-state index contributed by atoms with van der Waals surface area (Å²) >= 11 is 0. The fourth-order valence-electron chi connectivity index (χ4n) is 4.74. The molecule has 0 spiro atoms. The number of nitrogens with one attached hydrogen (secondary N) is 2. The number of ether oxygens (including phenoxy) is 1. The molecule has 2 heterocycles. The molecule has 1 fully saturated rings. The molecule has 0 unspecified atom stereocenters. The van der Waals surface area contributed by atoms with Crippen LogP contribution in [0.5, 0.6) is 5.75 Å². The third-order valence-electron chi connectivity index (χ3n) is 6.79. The monoisotopic (exact) mass is 410 g/mol. The second-order valence-electron chi connectivity index (χ2n) is 8.77. The second kappa shape index (κ2) is 6.74. The van der Waals surface area contributed by atoms with Gasteiger partial charge in [-0.1, -0.05) is 24.3 Å². The number of fused-ring (bicyclic) bond motifs is 2. The SMILES string of the molecule is Cc1ccc(NC(=O)C2(c3ccc4c(c3)CCO4)CC2)cc1-c1ccc2[nH]ccc2c1.[HH].